The molecule has 218 valence electrons. The number of nitrogens with zero attached hydrogens (tertiary/aromatic N) is 1. The van der Waals surface area contributed by atoms with Gasteiger partial charge in [0.25, 0.3) is 0 Å². The second kappa shape index (κ2) is 14.5. The fourth-order valence-corrected chi connectivity index (χ4v) is 4.89. The van der Waals surface area contributed by atoms with Crippen LogP contribution in [-0.4, -0.2) is 24.2 Å². The van der Waals surface area contributed by atoms with Gasteiger partial charge >= 0.3 is 11.6 Å². The normalized spacial score (nSPS) is 12.8. The van der Waals surface area contributed by atoms with Crippen molar-refractivity contribution in [2.45, 2.75) is 92.9 Å². The molecule has 3 rings (SSSR count). The SMILES string of the molecule is CC(CC(C)(C)C)C(C)(C)C(=O)OCCCCCCCCCOc1ccc(-c2cc3cccnc3oc2=O)cc1. The van der Waals surface area contributed by atoms with Crippen molar-refractivity contribution in [1.82, 2.24) is 4.98 Å². The van der Waals surface area contributed by atoms with Crippen LogP contribution in [-0.2, 0) is 9.53 Å². The van der Waals surface area contributed by atoms with Crippen LogP contribution >= 0.6 is 0 Å². The maximum atomic E-state index is 12.6. The topological polar surface area (TPSA) is 78.6 Å². The lowest BCUT2D eigenvalue weighted by molar-refractivity contribution is -0.157. The summed E-state index contributed by atoms with van der Waals surface area (Å²) in [5.74, 6) is 0.997. The Morgan fingerprint density at radius 1 is 0.900 bits per heavy atom. The van der Waals surface area contributed by atoms with Gasteiger partial charge in [0.15, 0.2) is 0 Å². The molecule has 0 saturated carbocycles. The van der Waals surface area contributed by atoms with Crippen LogP contribution in [0.25, 0.3) is 22.2 Å². The van der Waals surface area contributed by atoms with E-state index in [0.717, 1.165) is 55.2 Å². The summed E-state index contributed by atoms with van der Waals surface area (Å²) in [7, 11) is 0. The number of carbonyl (C=O) groups excluding carboxylic acids is 1. The van der Waals surface area contributed by atoms with Crippen molar-refractivity contribution >= 4 is 17.1 Å². The van der Waals surface area contributed by atoms with E-state index in [1.54, 1.807) is 6.20 Å². The summed E-state index contributed by atoms with van der Waals surface area (Å²) >= 11 is 0. The monoisotopic (exact) mass is 549 g/mol. The van der Waals surface area contributed by atoms with Crippen molar-refractivity contribution in [3.63, 3.8) is 0 Å². The first kappa shape index (κ1) is 31.4. The minimum atomic E-state index is -0.455. The zero-order valence-electron chi connectivity index (χ0n) is 25.3. The van der Waals surface area contributed by atoms with Crippen molar-refractivity contribution in [3.05, 3.63) is 59.1 Å². The summed E-state index contributed by atoms with van der Waals surface area (Å²) < 4.78 is 16.9. The van der Waals surface area contributed by atoms with Gasteiger partial charge in [-0.1, -0.05) is 71.9 Å². The van der Waals surface area contributed by atoms with E-state index in [1.807, 2.05) is 56.3 Å². The van der Waals surface area contributed by atoms with Gasteiger partial charge in [0, 0.05) is 11.6 Å². The number of fused-ring (bicyclic) bond motifs is 1. The molecule has 2 heterocycles. The van der Waals surface area contributed by atoms with E-state index in [9.17, 15) is 9.59 Å². The highest BCUT2D eigenvalue weighted by molar-refractivity contribution is 5.79. The third kappa shape index (κ3) is 9.50. The standard InChI is InChI=1S/C34H47NO5/c1-25(24-33(2,3)4)34(5,6)32(37)39-22-13-11-9-7-8-10-12-21-38-28-18-16-26(17-19-28)29-23-27-15-14-20-35-30(27)40-31(29)36/h14-20,23,25H,7-13,21-22,24H2,1-6H3. The minimum Gasteiger partial charge on any atom is -0.494 e. The largest absolute Gasteiger partial charge is 0.494 e. The molecule has 0 aliphatic rings. The third-order valence-electron chi connectivity index (χ3n) is 7.64. The van der Waals surface area contributed by atoms with Gasteiger partial charge in [-0.3, -0.25) is 4.79 Å². The molecule has 1 aromatic carbocycles. The fraction of sp³-hybridized carbons (Fsp3) is 0.559. The van der Waals surface area contributed by atoms with Gasteiger partial charge in [0.2, 0.25) is 5.71 Å². The number of esters is 1. The molecule has 2 aromatic heterocycles. The molecule has 0 radical (unpaired) electrons. The Balaban J connectivity index is 1.25. The van der Waals surface area contributed by atoms with Crippen LogP contribution < -0.4 is 10.4 Å². The lowest BCUT2D eigenvalue weighted by Gasteiger charge is -2.34. The van der Waals surface area contributed by atoms with Gasteiger partial charge in [-0.25, -0.2) is 9.78 Å². The molecule has 0 amide bonds. The van der Waals surface area contributed by atoms with Crippen LogP contribution in [0.3, 0.4) is 0 Å². The third-order valence-corrected chi connectivity index (χ3v) is 7.64. The van der Waals surface area contributed by atoms with Gasteiger partial charge in [-0.05, 0) is 80.3 Å². The lowest BCUT2D eigenvalue weighted by Crippen LogP contribution is -2.35. The molecule has 0 N–H and O–H groups in total. The smallest absolute Gasteiger partial charge is 0.345 e. The molecular weight excluding hydrogens is 502 g/mol. The predicted molar refractivity (Wildman–Crippen MR) is 162 cm³/mol. The zero-order chi connectivity index (χ0) is 29.2. The maximum Gasteiger partial charge on any atom is 0.345 e. The Kier molecular flexibility index (Phi) is 11.4. The van der Waals surface area contributed by atoms with Gasteiger partial charge in [0.1, 0.15) is 5.75 Å². The summed E-state index contributed by atoms with van der Waals surface area (Å²) in [6.45, 7) is 14.0. The summed E-state index contributed by atoms with van der Waals surface area (Å²) in [5, 5.41) is 0.793. The Bertz CT molecular complexity index is 1270. The minimum absolute atomic E-state index is 0.0733. The first-order valence-electron chi connectivity index (χ1n) is 14.8. The lowest BCUT2D eigenvalue weighted by atomic mass is 9.72. The second-order valence-corrected chi connectivity index (χ2v) is 12.7. The number of pyridine rings is 1. The number of rotatable bonds is 15. The van der Waals surface area contributed by atoms with Gasteiger partial charge < -0.3 is 13.9 Å². The van der Waals surface area contributed by atoms with Gasteiger partial charge in [0.05, 0.1) is 24.2 Å². The average Bonchev–Trinajstić information content (AvgIpc) is 2.90. The number of ether oxygens (including phenoxy) is 2. The first-order valence-corrected chi connectivity index (χ1v) is 14.8. The van der Waals surface area contributed by atoms with Crippen LogP contribution in [0.1, 0.15) is 92.9 Å². The van der Waals surface area contributed by atoms with Crippen molar-refractivity contribution in [3.8, 4) is 16.9 Å². The summed E-state index contributed by atoms with van der Waals surface area (Å²) in [6.07, 6.45) is 10.2. The number of hydrogen-bond donors (Lipinski definition) is 0. The highest BCUT2D eigenvalue weighted by atomic mass is 16.5. The predicted octanol–water partition coefficient (Wildman–Crippen LogP) is 8.61. The highest BCUT2D eigenvalue weighted by Crippen LogP contribution is 2.37. The molecule has 6 heteroatoms. The maximum absolute atomic E-state index is 12.6. The van der Waals surface area contributed by atoms with Crippen LogP contribution in [0.2, 0.25) is 0 Å². The van der Waals surface area contributed by atoms with Crippen LogP contribution in [0.4, 0.5) is 0 Å². The molecule has 0 aliphatic carbocycles. The quantitative estimate of drug-likeness (QED) is 0.139. The number of hydrogen-bond acceptors (Lipinski definition) is 6. The zero-order valence-corrected chi connectivity index (χ0v) is 25.3. The fourth-order valence-electron chi connectivity index (χ4n) is 4.89. The molecule has 40 heavy (non-hydrogen) atoms. The van der Waals surface area contributed by atoms with E-state index in [-0.39, 0.29) is 17.3 Å². The molecule has 0 aliphatic heterocycles. The molecule has 0 spiro atoms. The van der Waals surface area contributed by atoms with E-state index in [0.29, 0.717) is 24.5 Å². The van der Waals surface area contributed by atoms with E-state index in [4.69, 9.17) is 13.9 Å². The number of benzene rings is 1. The van der Waals surface area contributed by atoms with Crippen molar-refractivity contribution in [2.24, 2.45) is 16.7 Å². The Labute approximate surface area is 239 Å². The van der Waals surface area contributed by atoms with E-state index in [2.05, 4.69) is 32.7 Å². The molecule has 1 atom stereocenters. The molecule has 1 unspecified atom stereocenters. The summed E-state index contributed by atoms with van der Waals surface area (Å²) in [4.78, 5) is 29.1. The summed E-state index contributed by atoms with van der Waals surface area (Å²) in [6, 6.07) is 13.1. The molecule has 0 saturated heterocycles. The van der Waals surface area contributed by atoms with E-state index >= 15 is 0 Å². The highest BCUT2D eigenvalue weighted by Gasteiger charge is 2.37. The Morgan fingerprint density at radius 2 is 1.52 bits per heavy atom. The molecule has 6 nitrogen and oxygen atoms in total. The molecule has 0 bridgehead atoms. The van der Waals surface area contributed by atoms with Gasteiger partial charge in [-0.2, -0.15) is 0 Å². The van der Waals surface area contributed by atoms with Crippen LogP contribution in [0, 0.1) is 16.7 Å². The Morgan fingerprint density at radius 3 is 2.17 bits per heavy atom. The number of unbranched alkanes of at least 4 members (excludes halogenated alkanes) is 6. The molecular formula is C34H47NO5. The second-order valence-electron chi connectivity index (χ2n) is 12.7. The van der Waals surface area contributed by atoms with Crippen molar-refractivity contribution in [1.29, 1.82) is 0 Å². The van der Waals surface area contributed by atoms with Crippen molar-refractivity contribution < 1.29 is 18.7 Å². The van der Waals surface area contributed by atoms with Gasteiger partial charge in [-0.15, -0.1) is 0 Å². The van der Waals surface area contributed by atoms with E-state index < -0.39 is 11.0 Å². The molecule has 3 aromatic rings. The average molecular weight is 550 g/mol. The van der Waals surface area contributed by atoms with Crippen LogP contribution in [0.15, 0.2) is 57.9 Å². The Hall–Kier alpha value is -3.15. The van der Waals surface area contributed by atoms with E-state index in [1.165, 1.54) is 12.8 Å². The van der Waals surface area contributed by atoms with Crippen molar-refractivity contribution in [2.75, 3.05) is 13.2 Å². The number of aromatic nitrogens is 1. The molecule has 0 fully saturated rings. The van der Waals surface area contributed by atoms with Crippen LogP contribution in [0.5, 0.6) is 5.75 Å². The summed E-state index contributed by atoms with van der Waals surface area (Å²) in [5.41, 5.74) is 1.00. The first-order chi connectivity index (χ1) is 19.0. The number of carbonyl (C=O) groups is 1.